The number of carbonyl (C=O) groups excluding carboxylic acids is 1. The van der Waals surface area contributed by atoms with E-state index in [9.17, 15) is 4.79 Å². The lowest BCUT2D eigenvalue weighted by Crippen LogP contribution is -2.14. The quantitative estimate of drug-likeness (QED) is 0.614. The molecule has 0 spiro atoms. The number of para-hydroxylation sites is 1. The third kappa shape index (κ3) is 5.33. The van der Waals surface area contributed by atoms with Crippen molar-refractivity contribution in [3.05, 3.63) is 42.1 Å². The van der Waals surface area contributed by atoms with Gasteiger partial charge in [-0.3, -0.25) is 0 Å². The fourth-order valence-electron chi connectivity index (χ4n) is 2.17. The predicted molar refractivity (Wildman–Crippen MR) is 88.3 cm³/mol. The smallest absolute Gasteiger partial charge is 0.141 e. The molecule has 0 saturated carbocycles. The Morgan fingerprint density at radius 2 is 2.15 bits per heavy atom. The largest absolute Gasteiger partial charge is 0.493 e. The molecular weight excluding hydrogens is 264 g/mol. The highest BCUT2D eigenvalue weighted by molar-refractivity contribution is 6.81. The van der Waals surface area contributed by atoms with Gasteiger partial charge in [-0.25, -0.2) is 0 Å². The Bertz CT molecular complexity index is 429. The molecule has 0 aliphatic rings. The zero-order valence-electron chi connectivity index (χ0n) is 12.7. The number of ether oxygens (including phenoxy) is 1. The lowest BCUT2D eigenvalue weighted by atomic mass is 10.0. The summed E-state index contributed by atoms with van der Waals surface area (Å²) in [5.74, 6) is 1.32. The van der Waals surface area contributed by atoms with Gasteiger partial charge in [-0.1, -0.05) is 50.9 Å². The molecule has 1 rings (SSSR count). The molecule has 0 fully saturated rings. The Morgan fingerprint density at radius 3 is 2.80 bits per heavy atom. The number of benzene rings is 1. The van der Waals surface area contributed by atoms with Gasteiger partial charge >= 0.3 is 0 Å². The zero-order chi connectivity index (χ0) is 14.8. The van der Waals surface area contributed by atoms with Crippen molar-refractivity contribution in [3.8, 4) is 5.75 Å². The summed E-state index contributed by atoms with van der Waals surface area (Å²) in [6.45, 7) is 8.79. The van der Waals surface area contributed by atoms with Crippen LogP contribution in [0.25, 0.3) is 0 Å². The van der Waals surface area contributed by atoms with Crippen LogP contribution in [-0.4, -0.2) is 21.5 Å². The average Bonchev–Trinajstić information content (AvgIpc) is 2.48. The number of unbranched alkanes of at least 4 members (excludes halogenated alkanes) is 1. The van der Waals surface area contributed by atoms with Gasteiger partial charge in [-0.2, -0.15) is 0 Å². The SMILES string of the molecule is C=C[SiH2]C(=O)c1ccccc1OCC(CC)CCCC. The van der Waals surface area contributed by atoms with E-state index in [1.165, 1.54) is 19.3 Å². The van der Waals surface area contributed by atoms with Crippen LogP contribution >= 0.6 is 0 Å². The number of carbonyl (C=O) groups is 1. The molecule has 0 amide bonds. The van der Waals surface area contributed by atoms with Gasteiger partial charge in [0.25, 0.3) is 0 Å². The Hall–Kier alpha value is -1.35. The fourth-order valence-corrected chi connectivity index (χ4v) is 2.94. The minimum atomic E-state index is -0.883. The second-order valence-corrected chi connectivity index (χ2v) is 6.77. The molecule has 0 saturated heterocycles. The molecule has 0 aliphatic heterocycles. The van der Waals surface area contributed by atoms with Gasteiger partial charge < -0.3 is 9.53 Å². The maximum atomic E-state index is 12.1. The number of hydrogen-bond acceptors (Lipinski definition) is 2. The van der Waals surface area contributed by atoms with Crippen LogP contribution in [0.3, 0.4) is 0 Å². The van der Waals surface area contributed by atoms with E-state index in [1.54, 1.807) is 5.70 Å². The first-order valence-electron chi connectivity index (χ1n) is 7.58. The van der Waals surface area contributed by atoms with Crippen LogP contribution in [0.2, 0.25) is 0 Å². The zero-order valence-corrected chi connectivity index (χ0v) is 14.1. The van der Waals surface area contributed by atoms with Crippen LogP contribution in [0.5, 0.6) is 5.75 Å². The van der Waals surface area contributed by atoms with E-state index < -0.39 is 9.52 Å². The minimum Gasteiger partial charge on any atom is -0.493 e. The Balaban J connectivity index is 2.67. The second kappa shape index (κ2) is 9.53. The summed E-state index contributed by atoms with van der Waals surface area (Å²) >= 11 is 0. The topological polar surface area (TPSA) is 26.3 Å². The maximum absolute atomic E-state index is 12.1. The molecule has 110 valence electrons. The van der Waals surface area contributed by atoms with E-state index in [1.807, 2.05) is 24.3 Å². The van der Waals surface area contributed by atoms with Gasteiger partial charge in [0.05, 0.1) is 12.2 Å². The van der Waals surface area contributed by atoms with Gasteiger partial charge in [0, 0.05) is 0 Å². The van der Waals surface area contributed by atoms with E-state index >= 15 is 0 Å². The standard InChI is InChI=1S/C17H26O2Si/c1-4-7-10-14(5-2)13-19-16-12-9-8-11-15(16)17(18)20-6-3/h6,8-9,11-12,14H,3-5,7,10,13,20H2,1-2H3. The Labute approximate surface area is 125 Å². The van der Waals surface area contributed by atoms with Gasteiger partial charge in [-0.15, -0.1) is 6.58 Å². The molecule has 0 aliphatic carbocycles. The van der Waals surface area contributed by atoms with Crippen LogP contribution in [-0.2, 0) is 0 Å². The van der Waals surface area contributed by atoms with E-state index in [2.05, 4.69) is 20.4 Å². The Kier molecular flexibility index (Phi) is 7.96. The summed E-state index contributed by atoms with van der Waals surface area (Å²) in [6.07, 6.45) is 4.78. The van der Waals surface area contributed by atoms with E-state index in [0.29, 0.717) is 12.5 Å². The number of hydrogen-bond donors (Lipinski definition) is 0. The monoisotopic (exact) mass is 290 g/mol. The van der Waals surface area contributed by atoms with E-state index in [0.717, 1.165) is 17.7 Å². The molecule has 1 aromatic carbocycles. The molecule has 3 heteroatoms. The summed E-state index contributed by atoms with van der Waals surface area (Å²) in [4.78, 5) is 12.1. The van der Waals surface area contributed by atoms with Gasteiger partial charge in [-0.05, 0) is 24.5 Å². The molecule has 2 nitrogen and oxygen atoms in total. The van der Waals surface area contributed by atoms with Crippen molar-refractivity contribution in [2.45, 2.75) is 39.5 Å². The van der Waals surface area contributed by atoms with Crippen LogP contribution in [0, 0.1) is 5.92 Å². The summed E-state index contributed by atoms with van der Waals surface area (Å²) in [7, 11) is -0.883. The van der Waals surface area contributed by atoms with Crippen molar-refractivity contribution < 1.29 is 9.53 Å². The van der Waals surface area contributed by atoms with Crippen LogP contribution in [0.4, 0.5) is 0 Å². The first kappa shape index (κ1) is 16.7. The van der Waals surface area contributed by atoms with Crippen LogP contribution < -0.4 is 4.74 Å². The van der Waals surface area contributed by atoms with Gasteiger partial charge in [0.2, 0.25) is 0 Å². The van der Waals surface area contributed by atoms with Gasteiger partial charge in [0.1, 0.15) is 20.7 Å². The van der Waals surface area contributed by atoms with Crippen molar-refractivity contribution in [2.24, 2.45) is 5.92 Å². The van der Waals surface area contributed by atoms with Crippen molar-refractivity contribution in [1.82, 2.24) is 0 Å². The van der Waals surface area contributed by atoms with Gasteiger partial charge in [0.15, 0.2) is 0 Å². The molecule has 1 aromatic rings. The molecule has 0 radical (unpaired) electrons. The highest BCUT2D eigenvalue weighted by Crippen LogP contribution is 2.21. The maximum Gasteiger partial charge on any atom is 0.141 e. The van der Waals surface area contributed by atoms with Crippen molar-refractivity contribution in [3.63, 3.8) is 0 Å². The third-order valence-electron chi connectivity index (χ3n) is 3.54. The molecule has 0 heterocycles. The number of rotatable bonds is 10. The molecule has 0 aromatic heterocycles. The summed E-state index contributed by atoms with van der Waals surface area (Å²) in [5.41, 5.74) is 2.50. The fraction of sp³-hybridized carbons (Fsp3) is 0.471. The average molecular weight is 290 g/mol. The Morgan fingerprint density at radius 1 is 1.40 bits per heavy atom. The lowest BCUT2D eigenvalue weighted by Gasteiger charge is -2.17. The lowest BCUT2D eigenvalue weighted by molar-refractivity contribution is 0.107. The first-order chi connectivity index (χ1) is 9.72. The molecule has 0 N–H and O–H groups in total. The van der Waals surface area contributed by atoms with Crippen molar-refractivity contribution in [1.29, 1.82) is 0 Å². The first-order valence-corrected chi connectivity index (χ1v) is 9.11. The highest BCUT2D eigenvalue weighted by atomic mass is 28.2. The third-order valence-corrected chi connectivity index (χ3v) is 4.58. The van der Waals surface area contributed by atoms with Crippen molar-refractivity contribution >= 4 is 14.9 Å². The molecular formula is C17H26O2Si. The van der Waals surface area contributed by atoms with Crippen LogP contribution in [0.1, 0.15) is 49.9 Å². The predicted octanol–water partition coefficient (Wildman–Crippen LogP) is 3.73. The van der Waals surface area contributed by atoms with Crippen LogP contribution in [0.15, 0.2) is 36.5 Å². The summed E-state index contributed by atoms with van der Waals surface area (Å²) < 4.78 is 5.92. The normalized spacial score (nSPS) is 12.5. The summed E-state index contributed by atoms with van der Waals surface area (Å²) in [5, 5.41) is 0.206. The molecule has 20 heavy (non-hydrogen) atoms. The highest BCUT2D eigenvalue weighted by Gasteiger charge is 2.12. The second-order valence-electron chi connectivity index (χ2n) is 5.14. The molecule has 1 unspecified atom stereocenters. The summed E-state index contributed by atoms with van der Waals surface area (Å²) in [6, 6.07) is 7.58. The molecule has 0 bridgehead atoms. The van der Waals surface area contributed by atoms with E-state index in [4.69, 9.17) is 4.74 Å². The van der Waals surface area contributed by atoms with E-state index in [-0.39, 0.29) is 5.41 Å². The minimum absolute atomic E-state index is 0.206. The van der Waals surface area contributed by atoms with Crippen molar-refractivity contribution in [2.75, 3.05) is 6.61 Å². The molecule has 1 atom stereocenters.